The van der Waals surface area contributed by atoms with Gasteiger partial charge in [-0.1, -0.05) is 55.5 Å². The van der Waals surface area contributed by atoms with Gasteiger partial charge in [-0.2, -0.15) is 0 Å². The van der Waals surface area contributed by atoms with E-state index in [2.05, 4.69) is 24.4 Å². The summed E-state index contributed by atoms with van der Waals surface area (Å²) < 4.78 is 5.79. The van der Waals surface area contributed by atoms with E-state index in [-0.39, 0.29) is 5.78 Å². The number of aromatic nitrogens is 1. The molecule has 5 heteroatoms. The molecule has 176 valence electrons. The fraction of sp³-hybridized carbons (Fsp3) is 0.233. The van der Waals surface area contributed by atoms with Crippen LogP contribution in [0.1, 0.15) is 69.1 Å². The second-order valence-electron chi connectivity index (χ2n) is 8.83. The minimum atomic E-state index is -0.887. The molecule has 0 radical (unpaired) electrons. The van der Waals surface area contributed by atoms with Gasteiger partial charge in [-0.15, -0.1) is 11.3 Å². The van der Waals surface area contributed by atoms with Crippen molar-refractivity contribution in [1.29, 1.82) is 0 Å². The molecule has 0 spiro atoms. The Hall–Kier alpha value is -3.57. The zero-order valence-corrected chi connectivity index (χ0v) is 20.7. The number of esters is 1. The molecule has 0 amide bonds. The largest absolute Gasteiger partial charge is 0.451 e. The van der Waals surface area contributed by atoms with Crippen molar-refractivity contribution in [3.63, 3.8) is 0 Å². The van der Waals surface area contributed by atoms with Crippen LogP contribution < -0.4 is 0 Å². The van der Waals surface area contributed by atoms with Gasteiger partial charge < -0.3 is 4.74 Å². The molecule has 0 N–H and O–H groups in total. The summed E-state index contributed by atoms with van der Waals surface area (Å²) in [6.07, 6.45) is 4.78. The Kier molecular flexibility index (Phi) is 6.60. The predicted octanol–water partition coefficient (Wildman–Crippen LogP) is 7.16. The third-order valence-electron chi connectivity index (χ3n) is 6.53. The number of hydrogen-bond acceptors (Lipinski definition) is 5. The van der Waals surface area contributed by atoms with E-state index >= 15 is 0 Å². The van der Waals surface area contributed by atoms with Gasteiger partial charge in [0.25, 0.3) is 0 Å². The number of carbonyl (C=O) groups is 2. The van der Waals surface area contributed by atoms with E-state index in [1.807, 2.05) is 42.5 Å². The van der Waals surface area contributed by atoms with E-state index < -0.39 is 12.1 Å². The van der Waals surface area contributed by atoms with Gasteiger partial charge in [0.05, 0.1) is 16.8 Å². The maximum Gasteiger partial charge on any atom is 0.339 e. The van der Waals surface area contributed by atoms with Crippen molar-refractivity contribution in [2.75, 3.05) is 0 Å². The number of aryl methyl sites for hydroxylation is 1. The number of nitrogens with zero attached hydrogens (tertiary/aromatic N) is 1. The van der Waals surface area contributed by atoms with Crippen molar-refractivity contribution in [2.45, 2.75) is 45.6 Å². The van der Waals surface area contributed by atoms with E-state index in [4.69, 9.17) is 9.72 Å². The van der Waals surface area contributed by atoms with Gasteiger partial charge >= 0.3 is 5.97 Å². The highest BCUT2D eigenvalue weighted by Gasteiger charge is 2.28. The lowest BCUT2D eigenvalue weighted by Gasteiger charge is -2.23. The lowest BCUT2D eigenvalue weighted by atomic mass is 9.86. The Balaban J connectivity index is 1.52. The number of pyridine rings is 1. The van der Waals surface area contributed by atoms with Crippen molar-refractivity contribution in [3.05, 3.63) is 98.9 Å². The van der Waals surface area contributed by atoms with Crippen LogP contribution in [-0.4, -0.2) is 22.8 Å². The topological polar surface area (TPSA) is 56.3 Å². The van der Waals surface area contributed by atoms with Gasteiger partial charge in [0.15, 0.2) is 6.10 Å². The third kappa shape index (κ3) is 4.69. The molecule has 0 saturated carbocycles. The summed E-state index contributed by atoms with van der Waals surface area (Å²) >= 11 is 1.68. The first-order chi connectivity index (χ1) is 17.0. The summed E-state index contributed by atoms with van der Waals surface area (Å²) in [5.41, 5.74) is 5.90. The average Bonchev–Trinajstić information content (AvgIpc) is 3.40. The first-order valence-electron chi connectivity index (χ1n) is 12.1. The first kappa shape index (κ1) is 23.2. The molecular weight excluding hydrogens is 454 g/mol. The Bertz CT molecular complexity index is 1420. The molecule has 0 saturated heterocycles. The number of allylic oxidation sites excluding steroid dienone is 1. The monoisotopic (exact) mass is 481 g/mol. The van der Waals surface area contributed by atoms with Crippen LogP contribution >= 0.6 is 11.3 Å². The lowest BCUT2D eigenvalue weighted by molar-refractivity contribution is 0.0319. The molecule has 35 heavy (non-hydrogen) atoms. The van der Waals surface area contributed by atoms with Crippen LogP contribution in [0, 0.1) is 0 Å². The van der Waals surface area contributed by atoms with E-state index in [0.29, 0.717) is 11.1 Å². The van der Waals surface area contributed by atoms with E-state index in [9.17, 15) is 9.59 Å². The van der Waals surface area contributed by atoms with Crippen LogP contribution in [0.3, 0.4) is 0 Å². The molecule has 2 aromatic heterocycles. The molecule has 4 aromatic rings. The van der Waals surface area contributed by atoms with E-state index in [1.54, 1.807) is 30.4 Å². The van der Waals surface area contributed by atoms with Crippen LogP contribution in [0.25, 0.3) is 22.6 Å². The highest BCUT2D eigenvalue weighted by atomic mass is 32.1. The smallest absolute Gasteiger partial charge is 0.339 e. The summed E-state index contributed by atoms with van der Waals surface area (Å²) in [7, 11) is 0. The van der Waals surface area contributed by atoms with Crippen molar-refractivity contribution in [3.8, 4) is 0 Å². The van der Waals surface area contributed by atoms with Crippen molar-refractivity contribution in [1.82, 2.24) is 4.98 Å². The number of ketones is 1. The Morgan fingerprint density at radius 2 is 1.86 bits per heavy atom. The number of thiophene rings is 1. The quantitative estimate of drug-likeness (QED) is 0.216. The average molecular weight is 482 g/mol. The van der Waals surface area contributed by atoms with Crippen LogP contribution in [0.2, 0.25) is 0 Å². The number of fused-ring (bicyclic) bond motifs is 2. The van der Waals surface area contributed by atoms with Gasteiger partial charge in [-0.25, -0.2) is 9.78 Å². The van der Waals surface area contributed by atoms with Gasteiger partial charge in [0, 0.05) is 15.8 Å². The molecule has 4 nitrogen and oxygen atoms in total. The van der Waals surface area contributed by atoms with E-state index in [1.165, 1.54) is 4.88 Å². The fourth-order valence-electron chi connectivity index (χ4n) is 4.67. The second kappa shape index (κ2) is 9.96. The molecule has 1 aliphatic carbocycles. The summed E-state index contributed by atoms with van der Waals surface area (Å²) in [5, 5.41) is 2.82. The molecule has 2 heterocycles. The minimum Gasteiger partial charge on any atom is -0.451 e. The highest BCUT2D eigenvalue weighted by Crippen LogP contribution is 2.37. The molecule has 0 aliphatic heterocycles. The van der Waals surface area contributed by atoms with Crippen LogP contribution in [-0.2, 0) is 17.6 Å². The fourth-order valence-corrected chi connectivity index (χ4v) is 5.35. The Morgan fingerprint density at radius 1 is 1.06 bits per heavy atom. The van der Waals surface area contributed by atoms with Gasteiger partial charge in [-0.05, 0) is 72.9 Å². The molecule has 1 atom stereocenters. The second-order valence-corrected chi connectivity index (χ2v) is 9.81. The number of benzene rings is 2. The zero-order chi connectivity index (χ0) is 24.4. The number of ether oxygens (including phenoxy) is 1. The van der Waals surface area contributed by atoms with Crippen LogP contribution in [0.4, 0.5) is 0 Å². The van der Waals surface area contributed by atoms with Crippen molar-refractivity contribution in [2.24, 2.45) is 0 Å². The zero-order valence-electron chi connectivity index (χ0n) is 19.9. The number of hydrogen-bond donors (Lipinski definition) is 0. The van der Waals surface area contributed by atoms with E-state index in [0.717, 1.165) is 59.0 Å². The molecule has 0 fully saturated rings. The van der Waals surface area contributed by atoms with Gasteiger partial charge in [-0.3, -0.25) is 4.79 Å². The molecule has 1 aliphatic rings. The van der Waals surface area contributed by atoms with Gasteiger partial charge in [0.1, 0.15) is 0 Å². The number of carbonyl (C=O) groups excluding carboxylic acids is 2. The minimum absolute atomic E-state index is 0.202. The number of Topliss-reactive ketones (excluding diaryl/α,β-unsaturated/α-hetero) is 1. The molecular formula is C30H27NO3S. The van der Waals surface area contributed by atoms with Gasteiger partial charge in [0.2, 0.25) is 5.78 Å². The van der Waals surface area contributed by atoms with Crippen molar-refractivity contribution < 1.29 is 14.3 Å². The maximum absolute atomic E-state index is 13.6. The van der Waals surface area contributed by atoms with Crippen molar-refractivity contribution >= 4 is 45.6 Å². The van der Waals surface area contributed by atoms with Crippen LogP contribution in [0.5, 0.6) is 0 Å². The lowest BCUT2D eigenvalue weighted by Crippen LogP contribution is -2.26. The number of rotatable bonds is 6. The summed E-state index contributed by atoms with van der Waals surface area (Å²) in [4.78, 5) is 32.7. The number of para-hydroxylation sites is 1. The third-order valence-corrected chi connectivity index (χ3v) is 7.35. The summed E-state index contributed by atoms with van der Waals surface area (Å²) in [6.45, 7) is 3.72. The predicted molar refractivity (Wildman–Crippen MR) is 142 cm³/mol. The normalized spacial score (nSPS) is 15.1. The standard InChI is InChI=1S/C30H27NO3S/c1-3-20-13-15-21(16-14-20)29(32)19(2)34-30(33)27-24-10-4-5-12-26(24)31-28-22(8-6-11-25(27)28)18-23-9-7-17-35-23/h4-5,7,9-10,12-19H,3,6,8,11H2,1-2H3. The maximum atomic E-state index is 13.6. The first-order valence-corrected chi connectivity index (χ1v) is 12.9. The molecule has 0 bridgehead atoms. The Labute approximate surface area is 209 Å². The van der Waals surface area contributed by atoms with Crippen LogP contribution in [0.15, 0.2) is 66.0 Å². The molecule has 1 unspecified atom stereocenters. The summed E-state index contributed by atoms with van der Waals surface area (Å²) in [6, 6.07) is 19.3. The Morgan fingerprint density at radius 3 is 2.60 bits per heavy atom. The molecule has 2 aromatic carbocycles. The molecule has 5 rings (SSSR count). The SMILES string of the molecule is CCc1ccc(C(=O)C(C)OC(=O)c2c3c(nc4ccccc24)C(=Cc2cccs2)CCC3)cc1. The summed E-state index contributed by atoms with van der Waals surface area (Å²) in [5.74, 6) is -0.672. The highest BCUT2D eigenvalue weighted by molar-refractivity contribution is 7.10.